The molecular formula is C14H16BrNOS. The first-order chi connectivity index (χ1) is 8.63. The minimum absolute atomic E-state index is 0.0689. The second kappa shape index (κ2) is 5.97. The summed E-state index contributed by atoms with van der Waals surface area (Å²) < 4.78 is 0.950. The predicted octanol–water partition coefficient (Wildman–Crippen LogP) is 3.59. The summed E-state index contributed by atoms with van der Waals surface area (Å²) in [5.41, 5.74) is 8.12. The maximum Gasteiger partial charge on any atom is 0.0973 e. The number of aliphatic hydroxyl groups excluding tert-OH is 1. The minimum Gasteiger partial charge on any atom is -0.387 e. The third-order valence-electron chi connectivity index (χ3n) is 3.05. The van der Waals surface area contributed by atoms with E-state index in [0.29, 0.717) is 6.54 Å². The Labute approximate surface area is 120 Å². The van der Waals surface area contributed by atoms with Gasteiger partial charge in [-0.1, -0.05) is 29.8 Å². The van der Waals surface area contributed by atoms with Gasteiger partial charge in [-0.05, 0) is 39.9 Å². The first-order valence-electron chi connectivity index (χ1n) is 5.81. The monoisotopic (exact) mass is 325 g/mol. The molecule has 4 heteroatoms. The van der Waals surface area contributed by atoms with E-state index in [1.54, 1.807) is 11.3 Å². The SMILES string of the molecule is Cc1ccc(C(CN)C(O)c2sccc2Br)cc1. The Kier molecular flexibility index (Phi) is 4.56. The van der Waals surface area contributed by atoms with Crippen LogP contribution in [0.3, 0.4) is 0 Å². The third kappa shape index (κ3) is 2.83. The van der Waals surface area contributed by atoms with Crippen LogP contribution >= 0.6 is 27.3 Å². The lowest BCUT2D eigenvalue weighted by atomic mass is 9.92. The number of hydrogen-bond acceptors (Lipinski definition) is 3. The van der Waals surface area contributed by atoms with Crippen LogP contribution in [0.1, 0.15) is 28.0 Å². The molecule has 1 heterocycles. The highest BCUT2D eigenvalue weighted by Gasteiger charge is 2.24. The van der Waals surface area contributed by atoms with Crippen molar-refractivity contribution in [3.63, 3.8) is 0 Å². The second-order valence-electron chi connectivity index (χ2n) is 4.33. The van der Waals surface area contributed by atoms with Crippen LogP contribution in [0.4, 0.5) is 0 Å². The molecule has 0 aliphatic rings. The molecule has 2 unspecified atom stereocenters. The lowest BCUT2D eigenvalue weighted by molar-refractivity contribution is 0.150. The molecule has 0 saturated heterocycles. The Morgan fingerprint density at radius 3 is 2.44 bits per heavy atom. The summed E-state index contributed by atoms with van der Waals surface area (Å²) in [6.07, 6.45) is -0.563. The number of halogens is 1. The Hall–Kier alpha value is -0.680. The molecule has 1 aromatic carbocycles. The van der Waals surface area contributed by atoms with Crippen molar-refractivity contribution in [3.8, 4) is 0 Å². The molecule has 0 radical (unpaired) electrons. The summed E-state index contributed by atoms with van der Waals surface area (Å²) in [4.78, 5) is 0.936. The molecular weight excluding hydrogens is 310 g/mol. The summed E-state index contributed by atoms with van der Waals surface area (Å²) in [6.45, 7) is 2.47. The quantitative estimate of drug-likeness (QED) is 0.902. The van der Waals surface area contributed by atoms with Crippen molar-refractivity contribution < 1.29 is 5.11 Å². The van der Waals surface area contributed by atoms with E-state index < -0.39 is 6.10 Å². The zero-order valence-electron chi connectivity index (χ0n) is 10.1. The van der Waals surface area contributed by atoms with Gasteiger partial charge in [0, 0.05) is 21.8 Å². The molecule has 0 saturated carbocycles. The Bertz CT molecular complexity index is 509. The molecule has 0 fully saturated rings. The van der Waals surface area contributed by atoms with E-state index in [2.05, 4.69) is 15.9 Å². The summed E-state index contributed by atoms with van der Waals surface area (Å²) in [5.74, 6) is -0.0689. The molecule has 2 nitrogen and oxygen atoms in total. The zero-order chi connectivity index (χ0) is 13.1. The van der Waals surface area contributed by atoms with E-state index in [4.69, 9.17) is 5.73 Å². The topological polar surface area (TPSA) is 46.2 Å². The Morgan fingerprint density at radius 2 is 1.94 bits per heavy atom. The van der Waals surface area contributed by atoms with Crippen molar-refractivity contribution in [2.75, 3.05) is 6.54 Å². The van der Waals surface area contributed by atoms with Crippen molar-refractivity contribution in [3.05, 3.63) is 56.2 Å². The molecule has 3 N–H and O–H groups in total. The number of aliphatic hydroxyl groups is 1. The lowest BCUT2D eigenvalue weighted by Gasteiger charge is -2.21. The van der Waals surface area contributed by atoms with Gasteiger partial charge in [0.05, 0.1) is 6.10 Å². The van der Waals surface area contributed by atoms with Crippen LogP contribution in [0.15, 0.2) is 40.2 Å². The van der Waals surface area contributed by atoms with Gasteiger partial charge in [-0.2, -0.15) is 0 Å². The normalized spacial score (nSPS) is 14.4. The van der Waals surface area contributed by atoms with Crippen molar-refractivity contribution in [2.45, 2.75) is 18.9 Å². The van der Waals surface area contributed by atoms with Crippen molar-refractivity contribution in [1.82, 2.24) is 0 Å². The molecule has 2 aromatic rings. The molecule has 2 atom stereocenters. The zero-order valence-corrected chi connectivity index (χ0v) is 12.5. The standard InChI is InChI=1S/C14H16BrNOS/c1-9-2-4-10(5-3-9)11(8-16)13(17)14-12(15)6-7-18-14/h2-7,11,13,17H,8,16H2,1H3. The summed E-state index contributed by atoms with van der Waals surface area (Å²) >= 11 is 5.00. The lowest BCUT2D eigenvalue weighted by Crippen LogP contribution is -2.19. The molecule has 0 aliphatic heterocycles. The molecule has 0 spiro atoms. The molecule has 0 bridgehead atoms. The molecule has 0 amide bonds. The largest absolute Gasteiger partial charge is 0.387 e. The highest BCUT2D eigenvalue weighted by Crippen LogP contribution is 2.37. The first-order valence-corrected chi connectivity index (χ1v) is 7.48. The maximum absolute atomic E-state index is 10.5. The first kappa shape index (κ1) is 13.7. The predicted molar refractivity (Wildman–Crippen MR) is 80.0 cm³/mol. The van der Waals surface area contributed by atoms with Gasteiger partial charge in [0.15, 0.2) is 0 Å². The van der Waals surface area contributed by atoms with Crippen LogP contribution in [-0.2, 0) is 0 Å². The number of thiophene rings is 1. The van der Waals surface area contributed by atoms with Crippen molar-refractivity contribution in [1.29, 1.82) is 0 Å². The number of aryl methyl sites for hydroxylation is 1. The molecule has 1 aromatic heterocycles. The van der Waals surface area contributed by atoms with E-state index in [-0.39, 0.29) is 5.92 Å². The minimum atomic E-state index is -0.563. The molecule has 2 rings (SSSR count). The van der Waals surface area contributed by atoms with Crippen LogP contribution < -0.4 is 5.73 Å². The van der Waals surface area contributed by atoms with Crippen LogP contribution in [0.25, 0.3) is 0 Å². The Balaban J connectivity index is 2.28. The van der Waals surface area contributed by atoms with Gasteiger partial charge >= 0.3 is 0 Å². The maximum atomic E-state index is 10.5. The average molecular weight is 326 g/mol. The van der Waals surface area contributed by atoms with Crippen LogP contribution in [0.2, 0.25) is 0 Å². The van der Waals surface area contributed by atoms with Crippen LogP contribution in [-0.4, -0.2) is 11.7 Å². The van der Waals surface area contributed by atoms with Gasteiger partial charge in [-0.25, -0.2) is 0 Å². The number of hydrogen-bond donors (Lipinski definition) is 2. The van der Waals surface area contributed by atoms with Crippen LogP contribution in [0, 0.1) is 6.92 Å². The number of nitrogens with two attached hydrogens (primary N) is 1. The molecule has 0 aliphatic carbocycles. The fourth-order valence-corrected chi connectivity index (χ4v) is 3.62. The smallest absolute Gasteiger partial charge is 0.0973 e. The summed E-state index contributed by atoms with van der Waals surface area (Å²) in [5, 5.41) is 12.4. The van der Waals surface area contributed by atoms with E-state index in [1.165, 1.54) is 5.56 Å². The van der Waals surface area contributed by atoms with E-state index in [0.717, 1.165) is 14.9 Å². The number of rotatable bonds is 4. The highest BCUT2D eigenvalue weighted by atomic mass is 79.9. The molecule has 18 heavy (non-hydrogen) atoms. The summed E-state index contributed by atoms with van der Waals surface area (Å²) in [6, 6.07) is 10.1. The Morgan fingerprint density at radius 1 is 1.28 bits per heavy atom. The van der Waals surface area contributed by atoms with Gasteiger partial charge in [0.2, 0.25) is 0 Å². The molecule has 96 valence electrons. The van der Waals surface area contributed by atoms with Gasteiger partial charge in [0.25, 0.3) is 0 Å². The fraction of sp³-hybridized carbons (Fsp3) is 0.286. The highest BCUT2D eigenvalue weighted by molar-refractivity contribution is 9.10. The van der Waals surface area contributed by atoms with Crippen molar-refractivity contribution in [2.24, 2.45) is 5.73 Å². The van der Waals surface area contributed by atoms with Gasteiger partial charge in [-0.15, -0.1) is 11.3 Å². The van der Waals surface area contributed by atoms with Crippen molar-refractivity contribution >= 4 is 27.3 Å². The second-order valence-corrected chi connectivity index (χ2v) is 6.13. The third-order valence-corrected chi connectivity index (χ3v) is 5.00. The van der Waals surface area contributed by atoms with E-state index >= 15 is 0 Å². The van der Waals surface area contributed by atoms with Crippen LogP contribution in [0.5, 0.6) is 0 Å². The average Bonchev–Trinajstić information content (AvgIpc) is 2.78. The van der Waals surface area contributed by atoms with E-state index in [9.17, 15) is 5.11 Å². The van der Waals surface area contributed by atoms with Gasteiger partial charge in [0.1, 0.15) is 0 Å². The fourth-order valence-electron chi connectivity index (χ4n) is 1.96. The van der Waals surface area contributed by atoms with Gasteiger partial charge in [-0.3, -0.25) is 0 Å². The summed E-state index contributed by atoms with van der Waals surface area (Å²) in [7, 11) is 0. The van der Waals surface area contributed by atoms with Gasteiger partial charge < -0.3 is 10.8 Å². The van der Waals surface area contributed by atoms with E-state index in [1.807, 2.05) is 42.6 Å². The number of benzene rings is 1.